The minimum atomic E-state index is 0.106. The zero-order chi connectivity index (χ0) is 9.68. The predicted octanol–water partition coefficient (Wildman–Crippen LogP) is 1.57. The number of aryl methyl sites for hydroxylation is 1. The summed E-state index contributed by atoms with van der Waals surface area (Å²) in [5.74, 6) is 0.834. The highest BCUT2D eigenvalue weighted by Crippen LogP contribution is 2.07. The fourth-order valence-corrected chi connectivity index (χ4v) is 1.10. The normalized spacial score (nSPS) is 12.5. The van der Waals surface area contributed by atoms with Gasteiger partial charge in [0.15, 0.2) is 0 Å². The minimum Gasteiger partial charge on any atom is -0.394 e. The van der Waals surface area contributed by atoms with Gasteiger partial charge in [0.1, 0.15) is 5.82 Å². The summed E-state index contributed by atoms with van der Waals surface area (Å²) in [6, 6.07) is 4.03. The summed E-state index contributed by atoms with van der Waals surface area (Å²) in [5, 5.41) is 12.1. The number of aliphatic hydroxyl groups is 1. The molecule has 1 heterocycles. The van der Waals surface area contributed by atoms with Crippen molar-refractivity contribution in [2.75, 3.05) is 11.9 Å². The number of pyridine rings is 1. The lowest BCUT2D eigenvalue weighted by atomic mass is 10.2. The van der Waals surface area contributed by atoms with Crippen LogP contribution in [0.25, 0.3) is 0 Å². The monoisotopic (exact) mass is 180 g/mol. The molecule has 1 rings (SSSR count). The molecule has 2 N–H and O–H groups in total. The summed E-state index contributed by atoms with van der Waals surface area (Å²) in [7, 11) is 0. The molecule has 0 fully saturated rings. The summed E-state index contributed by atoms with van der Waals surface area (Å²) in [6.45, 7) is 4.20. The summed E-state index contributed by atoms with van der Waals surface area (Å²) >= 11 is 0. The highest BCUT2D eigenvalue weighted by atomic mass is 16.3. The van der Waals surface area contributed by atoms with E-state index in [1.165, 1.54) is 5.56 Å². The van der Waals surface area contributed by atoms with Crippen LogP contribution in [-0.4, -0.2) is 22.7 Å². The molecule has 72 valence electrons. The Kier molecular flexibility index (Phi) is 3.71. The van der Waals surface area contributed by atoms with Gasteiger partial charge in [0.05, 0.1) is 12.6 Å². The van der Waals surface area contributed by atoms with Gasteiger partial charge in [-0.15, -0.1) is 0 Å². The van der Waals surface area contributed by atoms with Crippen molar-refractivity contribution < 1.29 is 5.11 Å². The molecule has 1 atom stereocenters. The zero-order valence-corrected chi connectivity index (χ0v) is 8.12. The molecule has 0 saturated heterocycles. The van der Waals surface area contributed by atoms with Crippen molar-refractivity contribution in [2.24, 2.45) is 0 Å². The largest absolute Gasteiger partial charge is 0.394 e. The molecule has 0 saturated carbocycles. The van der Waals surface area contributed by atoms with Crippen LogP contribution in [-0.2, 0) is 0 Å². The maximum atomic E-state index is 8.97. The van der Waals surface area contributed by atoms with Crippen molar-refractivity contribution in [1.82, 2.24) is 4.98 Å². The van der Waals surface area contributed by atoms with Gasteiger partial charge in [-0.25, -0.2) is 4.98 Å². The zero-order valence-electron chi connectivity index (χ0n) is 8.12. The van der Waals surface area contributed by atoms with E-state index < -0.39 is 0 Å². The first-order chi connectivity index (χ1) is 6.26. The summed E-state index contributed by atoms with van der Waals surface area (Å²) < 4.78 is 0. The molecular formula is C10H16N2O. The maximum absolute atomic E-state index is 8.97. The van der Waals surface area contributed by atoms with Gasteiger partial charge in [0, 0.05) is 6.20 Å². The Morgan fingerprint density at radius 2 is 2.38 bits per heavy atom. The standard InChI is InChI=1S/C10H16N2O/c1-3-9(7-13)12-10-6-8(2)4-5-11-10/h4-6,9,13H,3,7H2,1-2H3,(H,11,12)/t9-/m0/s1. The molecule has 0 bridgehead atoms. The van der Waals surface area contributed by atoms with Crippen LogP contribution in [0.2, 0.25) is 0 Å². The highest BCUT2D eigenvalue weighted by Gasteiger charge is 2.03. The average Bonchev–Trinajstić information content (AvgIpc) is 2.14. The molecule has 0 aliphatic carbocycles. The van der Waals surface area contributed by atoms with Crippen LogP contribution in [0.1, 0.15) is 18.9 Å². The number of nitrogens with zero attached hydrogens (tertiary/aromatic N) is 1. The third-order valence-corrected chi connectivity index (χ3v) is 1.98. The van der Waals surface area contributed by atoms with E-state index in [1.54, 1.807) is 6.20 Å². The second kappa shape index (κ2) is 4.82. The Morgan fingerprint density at radius 3 is 2.92 bits per heavy atom. The lowest BCUT2D eigenvalue weighted by Gasteiger charge is -2.14. The second-order valence-electron chi connectivity index (χ2n) is 3.15. The molecule has 1 aromatic rings. The molecule has 13 heavy (non-hydrogen) atoms. The first kappa shape index (κ1) is 9.99. The number of rotatable bonds is 4. The van der Waals surface area contributed by atoms with Gasteiger partial charge in [0.25, 0.3) is 0 Å². The summed E-state index contributed by atoms with van der Waals surface area (Å²) in [6.07, 6.45) is 2.66. The fourth-order valence-electron chi connectivity index (χ4n) is 1.10. The molecule has 3 heteroatoms. The second-order valence-corrected chi connectivity index (χ2v) is 3.15. The first-order valence-electron chi connectivity index (χ1n) is 4.56. The van der Waals surface area contributed by atoms with Crippen LogP contribution >= 0.6 is 0 Å². The van der Waals surface area contributed by atoms with Crippen molar-refractivity contribution in [3.63, 3.8) is 0 Å². The van der Waals surface area contributed by atoms with E-state index in [-0.39, 0.29) is 12.6 Å². The van der Waals surface area contributed by atoms with Crippen molar-refractivity contribution >= 4 is 5.82 Å². The fraction of sp³-hybridized carbons (Fsp3) is 0.500. The lowest BCUT2D eigenvalue weighted by Crippen LogP contribution is -2.23. The third kappa shape index (κ3) is 3.03. The van der Waals surface area contributed by atoms with Gasteiger partial charge in [-0.1, -0.05) is 6.92 Å². The number of nitrogens with one attached hydrogen (secondary N) is 1. The third-order valence-electron chi connectivity index (χ3n) is 1.98. The SMILES string of the molecule is CC[C@@H](CO)Nc1cc(C)ccn1. The van der Waals surface area contributed by atoms with Gasteiger partial charge in [-0.3, -0.25) is 0 Å². The average molecular weight is 180 g/mol. The van der Waals surface area contributed by atoms with Crippen molar-refractivity contribution in [1.29, 1.82) is 0 Å². The van der Waals surface area contributed by atoms with E-state index in [1.807, 2.05) is 26.0 Å². The molecule has 3 nitrogen and oxygen atoms in total. The Balaban J connectivity index is 2.62. The lowest BCUT2D eigenvalue weighted by molar-refractivity contribution is 0.271. The quantitative estimate of drug-likeness (QED) is 0.739. The van der Waals surface area contributed by atoms with E-state index in [0.717, 1.165) is 12.2 Å². The minimum absolute atomic E-state index is 0.106. The van der Waals surface area contributed by atoms with Crippen molar-refractivity contribution in [3.05, 3.63) is 23.9 Å². The van der Waals surface area contributed by atoms with Crippen molar-refractivity contribution in [2.45, 2.75) is 26.3 Å². The van der Waals surface area contributed by atoms with E-state index in [4.69, 9.17) is 5.11 Å². The molecular weight excluding hydrogens is 164 g/mol. The number of anilines is 1. The van der Waals surface area contributed by atoms with Crippen LogP contribution in [0.15, 0.2) is 18.3 Å². The predicted molar refractivity (Wildman–Crippen MR) is 53.8 cm³/mol. The Morgan fingerprint density at radius 1 is 1.62 bits per heavy atom. The topological polar surface area (TPSA) is 45.1 Å². The summed E-state index contributed by atoms with van der Waals surface area (Å²) in [5.41, 5.74) is 1.17. The Labute approximate surface area is 78.8 Å². The van der Waals surface area contributed by atoms with Gasteiger partial charge in [-0.05, 0) is 31.0 Å². The highest BCUT2D eigenvalue weighted by molar-refractivity contribution is 5.37. The molecule has 0 spiro atoms. The smallest absolute Gasteiger partial charge is 0.126 e. The molecule has 0 amide bonds. The first-order valence-corrected chi connectivity index (χ1v) is 4.56. The van der Waals surface area contributed by atoms with E-state index in [0.29, 0.717) is 0 Å². The molecule has 0 radical (unpaired) electrons. The van der Waals surface area contributed by atoms with Gasteiger partial charge in [-0.2, -0.15) is 0 Å². The van der Waals surface area contributed by atoms with Crippen LogP contribution in [0.4, 0.5) is 5.82 Å². The van der Waals surface area contributed by atoms with Crippen molar-refractivity contribution in [3.8, 4) is 0 Å². The van der Waals surface area contributed by atoms with E-state index >= 15 is 0 Å². The molecule has 0 aromatic carbocycles. The Bertz CT molecular complexity index is 259. The van der Waals surface area contributed by atoms with Crippen LogP contribution in [0, 0.1) is 6.92 Å². The molecule has 0 aliphatic rings. The van der Waals surface area contributed by atoms with Gasteiger partial charge < -0.3 is 10.4 Å². The molecule has 0 aliphatic heterocycles. The number of hydrogen-bond donors (Lipinski definition) is 2. The maximum Gasteiger partial charge on any atom is 0.126 e. The van der Waals surface area contributed by atoms with Gasteiger partial charge >= 0.3 is 0 Å². The van der Waals surface area contributed by atoms with Gasteiger partial charge in [0.2, 0.25) is 0 Å². The number of aliphatic hydroxyl groups excluding tert-OH is 1. The Hall–Kier alpha value is -1.09. The molecule has 0 unspecified atom stereocenters. The van der Waals surface area contributed by atoms with E-state index in [2.05, 4.69) is 10.3 Å². The molecule has 1 aromatic heterocycles. The van der Waals surface area contributed by atoms with Crippen LogP contribution in [0.5, 0.6) is 0 Å². The number of hydrogen-bond acceptors (Lipinski definition) is 3. The van der Waals surface area contributed by atoms with Crippen LogP contribution < -0.4 is 5.32 Å². The number of aromatic nitrogens is 1. The van der Waals surface area contributed by atoms with Crippen LogP contribution in [0.3, 0.4) is 0 Å². The van der Waals surface area contributed by atoms with E-state index in [9.17, 15) is 0 Å². The summed E-state index contributed by atoms with van der Waals surface area (Å²) in [4.78, 5) is 4.15.